The number of nitrogens with zero attached hydrogens (tertiary/aromatic N) is 1. The summed E-state index contributed by atoms with van der Waals surface area (Å²) in [5.74, 6) is 0.846. The van der Waals surface area contributed by atoms with Crippen LogP contribution in [-0.2, 0) is 6.42 Å². The van der Waals surface area contributed by atoms with Crippen molar-refractivity contribution >= 4 is 18.1 Å². The Morgan fingerprint density at radius 3 is 2.46 bits per heavy atom. The second-order valence-corrected chi connectivity index (χ2v) is 7.43. The van der Waals surface area contributed by atoms with Gasteiger partial charge < -0.3 is 20.1 Å². The quantitative estimate of drug-likeness (QED) is 0.837. The second-order valence-electron chi connectivity index (χ2n) is 7.43. The molecular formula is C21H29ClN2O2. The number of aliphatic hydroxyl groups excluding tert-OH is 1. The Labute approximate surface area is 162 Å². The van der Waals surface area contributed by atoms with Crippen LogP contribution in [0.3, 0.4) is 0 Å². The minimum atomic E-state index is -0.637. The van der Waals surface area contributed by atoms with Crippen LogP contribution in [0.15, 0.2) is 48.5 Å². The molecule has 0 saturated carbocycles. The summed E-state index contributed by atoms with van der Waals surface area (Å²) in [5, 5.41) is 14.4. The van der Waals surface area contributed by atoms with Crippen molar-refractivity contribution in [1.29, 1.82) is 0 Å². The molecule has 5 heteroatoms. The van der Waals surface area contributed by atoms with Crippen LogP contribution in [0.2, 0.25) is 0 Å². The van der Waals surface area contributed by atoms with E-state index in [1.807, 2.05) is 34.0 Å². The summed E-state index contributed by atoms with van der Waals surface area (Å²) in [6.07, 6.45) is 0.317. The molecule has 0 amide bonds. The van der Waals surface area contributed by atoms with Gasteiger partial charge in [0.15, 0.2) is 0 Å². The zero-order valence-electron chi connectivity index (χ0n) is 15.9. The number of benzene rings is 2. The van der Waals surface area contributed by atoms with Gasteiger partial charge in [-0.05, 0) is 38.4 Å². The maximum Gasteiger partial charge on any atom is 0.131 e. The average Bonchev–Trinajstić information content (AvgIpc) is 2.58. The van der Waals surface area contributed by atoms with E-state index < -0.39 is 11.7 Å². The number of hydrogen-bond donors (Lipinski definition) is 2. The van der Waals surface area contributed by atoms with Crippen LogP contribution >= 0.6 is 12.4 Å². The molecule has 2 unspecified atom stereocenters. The van der Waals surface area contributed by atoms with Gasteiger partial charge >= 0.3 is 0 Å². The third-order valence-electron chi connectivity index (χ3n) is 4.87. The van der Waals surface area contributed by atoms with E-state index in [9.17, 15) is 5.11 Å². The molecule has 0 aromatic heterocycles. The topological polar surface area (TPSA) is 44.7 Å². The van der Waals surface area contributed by atoms with Crippen molar-refractivity contribution in [3.8, 4) is 5.75 Å². The minimum Gasteiger partial charge on any atom is -0.485 e. The van der Waals surface area contributed by atoms with E-state index in [1.165, 1.54) is 5.56 Å². The highest BCUT2D eigenvalue weighted by atomic mass is 35.5. The van der Waals surface area contributed by atoms with Crippen LogP contribution in [0.4, 0.5) is 5.69 Å². The molecule has 4 nitrogen and oxygen atoms in total. The molecule has 0 fully saturated rings. The van der Waals surface area contributed by atoms with Gasteiger partial charge in [-0.1, -0.05) is 36.4 Å². The van der Waals surface area contributed by atoms with Crippen LogP contribution < -0.4 is 15.0 Å². The highest BCUT2D eigenvalue weighted by Crippen LogP contribution is 2.41. The van der Waals surface area contributed by atoms with E-state index in [-0.39, 0.29) is 18.4 Å². The fourth-order valence-electron chi connectivity index (χ4n) is 3.30. The van der Waals surface area contributed by atoms with E-state index in [2.05, 4.69) is 52.7 Å². The van der Waals surface area contributed by atoms with Gasteiger partial charge in [0.2, 0.25) is 0 Å². The van der Waals surface area contributed by atoms with Crippen LogP contribution in [0.5, 0.6) is 5.75 Å². The third-order valence-corrected chi connectivity index (χ3v) is 4.87. The van der Waals surface area contributed by atoms with E-state index in [0.29, 0.717) is 0 Å². The number of rotatable bonds is 5. The van der Waals surface area contributed by atoms with Gasteiger partial charge in [-0.25, -0.2) is 0 Å². The Balaban J connectivity index is 0.00000243. The summed E-state index contributed by atoms with van der Waals surface area (Å²) in [6.45, 7) is 4.68. The minimum absolute atomic E-state index is 0. The van der Waals surface area contributed by atoms with Gasteiger partial charge in [-0.15, -0.1) is 12.4 Å². The molecule has 2 N–H and O–H groups in total. The third kappa shape index (κ3) is 4.32. The number of halogens is 1. The van der Waals surface area contributed by atoms with Gasteiger partial charge in [0.1, 0.15) is 17.5 Å². The lowest BCUT2D eigenvalue weighted by molar-refractivity contribution is -0.0643. The molecule has 2 atom stereocenters. The van der Waals surface area contributed by atoms with Crippen molar-refractivity contribution in [3.63, 3.8) is 0 Å². The monoisotopic (exact) mass is 376 g/mol. The zero-order chi connectivity index (χ0) is 18.0. The summed E-state index contributed by atoms with van der Waals surface area (Å²) in [6, 6.07) is 16.4. The Morgan fingerprint density at radius 1 is 1.12 bits per heavy atom. The molecule has 26 heavy (non-hydrogen) atoms. The molecule has 142 valence electrons. The summed E-state index contributed by atoms with van der Waals surface area (Å²) >= 11 is 0. The molecule has 0 aliphatic carbocycles. The highest BCUT2D eigenvalue weighted by molar-refractivity contribution is 5.85. The Bertz CT molecular complexity index is 719. The number of fused-ring (bicyclic) bond motifs is 1. The molecule has 3 rings (SSSR count). The highest BCUT2D eigenvalue weighted by Gasteiger charge is 2.42. The van der Waals surface area contributed by atoms with Crippen molar-refractivity contribution in [2.24, 2.45) is 0 Å². The Hall–Kier alpha value is -1.75. The fraction of sp³-hybridized carbons (Fsp3) is 0.429. The normalized spacial score (nSPS) is 20.5. The van der Waals surface area contributed by atoms with E-state index in [0.717, 1.165) is 30.0 Å². The van der Waals surface area contributed by atoms with E-state index in [1.54, 1.807) is 0 Å². The van der Waals surface area contributed by atoms with Crippen molar-refractivity contribution in [2.75, 3.05) is 25.5 Å². The van der Waals surface area contributed by atoms with Crippen LogP contribution in [0, 0.1) is 0 Å². The summed E-state index contributed by atoms with van der Waals surface area (Å²) in [7, 11) is 4.03. The number of hydrogen-bond acceptors (Lipinski definition) is 4. The SMILES string of the molecule is CN(C)c1ccc2c(c1)OC(C)(C)C(O)C2NCCc1ccccc1.Cl. The largest absolute Gasteiger partial charge is 0.485 e. The van der Waals surface area contributed by atoms with E-state index >= 15 is 0 Å². The Morgan fingerprint density at radius 2 is 1.81 bits per heavy atom. The maximum absolute atomic E-state index is 10.8. The lowest BCUT2D eigenvalue weighted by atomic mass is 9.86. The van der Waals surface area contributed by atoms with Gasteiger partial charge in [0.05, 0.1) is 6.04 Å². The summed E-state index contributed by atoms with van der Waals surface area (Å²) in [5.41, 5.74) is 2.76. The molecule has 0 saturated heterocycles. The lowest BCUT2D eigenvalue weighted by Crippen LogP contribution is -2.52. The number of nitrogens with one attached hydrogen (secondary N) is 1. The Kier molecular flexibility index (Phi) is 6.56. The number of anilines is 1. The molecule has 0 spiro atoms. The summed E-state index contributed by atoms with van der Waals surface area (Å²) in [4.78, 5) is 2.06. The van der Waals surface area contributed by atoms with Crippen LogP contribution in [-0.4, -0.2) is 37.5 Å². The first kappa shape index (κ1) is 20.6. The first-order valence-corrected chi connectivity index (χ1v) is 8.84. The number of ether oxygens (including phenoxy) is 1. The first-order chi connectivity index (χ1) is 11.9. The lowest BCUT2D eigenvalue weighted by Gasteiger charge is -2.42. The van der Waals surface area contributed by atoms with E-state index in [4.69, 9.17) is 4.74 Å². The van der Waals surface area contributed by atoms with Crippen molar-refractivity contribution < 1.29 is 9.84 Å². The first-order valence-electron chi connectivity index (χ1n) is 8.84. The molecular weight excluding hydrogens is 348 g/mol. The predicted octanol–water partition coefficient (Wildman–Crippen LogP) is 3.58. The summed E-state index contributed by atoms with van der Waals surface area (Å²) < 4.78 is 6.10. The molecule has 2 aromatic carbocycles. The predicted molar refractivity (Wildman–Crippen MR) is 110 cm³/mol. The second kappa shape index (κ2) is 8.30. The van der Waals surface area contributed by atoms with Crippen molar-refractivity contribution in [1.82, 2.24) is 5.32 Å². The molecule has 1 aliphatic rings. The van der Waals surface area contributed by atoms with Crippen molar-refractivity contribution in [3.05, 3.63) is 59.7 Å². The van der Waals surface area contributed by atoms with Gasteiger partial charge in [-0.3, -0.25) is 0 Å². The smallest absolute Gasteiger partial charge is 0.131 e. The van der Waals surface area contributed by atoms with Gasteiger partial charge in [0, 0.05) is 31.4 Å². The van der Waals surface area contributed by atoms with Crippen LogP contribution in [0.25, 0.3) is 0 Å². The average molecular weight is 377 g/mol. The fourth-order valence-corrected chi connectivity index (χ4v) is 3.30. The number of aliphatic hydroxyl groups is 1. The molecule has 1 aliphatic heterocycles. The molecule has 0 bridgehead atoms. The van der Waals surface area contributed by atoms with Crippen LogP contribution in [0.1, 0.15) is 31.0 Å². The molecule has 1 heterocycles. The standard InChI is InChI=1S/C21H28N2O2.ClH/c1-21(2)20(24)19(22-13-12-15-8-6-5-7-9-15)17-11-10-16(23(3)4)14-18(17)25-21;/h5-11,14,19-20,22,24H,12-13H2,1-4H3;1H. The van der Waals surface area contributed by atoms with Crippen molar-refractivity contribution in [2.45, 2.75) is 38.0 Å². The molecule has 2 aromatic rings. The van der Waals surface area contributed by atoms with Gasteiger partial charge in [-0.2, -0.15) is 0 Å². The van der Waals surface area contributed by atoms with Gasteiger partial charge in [0.25, 0.3) is 0 Å². The zero-order valence-corrected chi connectivity index (χ0v) is 16.7. The maximum atomic E-state index is 10.8. The molecule has 0 radical (unpaired) electrons.